The van der Waals surface area contributed by atoms with Crippen LogP contribution in [-0.2, 0) is 11.3 Å². The molecular weight excluding hydrogens is 270 g/mol. The van der Waals surface area contributed by atoms with Crippen LogP contribution in [0, 0.1) is 5.41 Å². The summed E-state index contributed by atoms with van der Waals surface area (Å²) in [4.78, 5) is 14.7. The molecular formula is C20H23NO. The van der Waals surface area contributed by atoms with E-state index in [9.17, 15) is 4.79 Å². The molecule has 0 N–H and O–H groups in total. The van der Waals surface area contributed by atoms with Crippen LogP contribution in [0.3, 0.4) is 0 Å². The molecule has 114 valence electrons. The third-order valence-corrected chi connectivity index (χ3v) is 4.33. The van der Waals surface area contributed by atoms with Gasteiger partial charge in [0, 0.05) is 24.4 Å². The van der Waals surface area contributed by atoms with Gasteiger partial charge in [0.1, 0.15) is 0 Å². The molecule has 0 spiro atoms. The molecule has 22 heavy (non-hydrogen) atoms. The van der Waals surface area contributed by atoms with Crippen molar-refractivity contribution in [2.45, 2.75) is 33.2 Å². The van der Waals surface area contributed by atoms with E-state index in [0.717, 1.165) is 13.1 Å². The summed E-state index contributed by atoms with van der Waals surface area (Å²) in [6.07, 6.45) is 0. The second-order valence-corrected chi connectivity index (χ2v) is 7.10. The van der Waals surface area contributed by atoms with Crippen molar-refractivity contribution in [2.75, 3.05) is 6.54 Å². The molecule has 0 saturated carbocycles. The van der Waals surface area contributed by atoms with Crippen LogP contribution in [0.2, 0.25) is 0 Å². The van der Waals surface area contributed by atoms with E-state index in [1.165, 1.54) is 16.7 Å². The highest BCUT2D eigenvalue weighted by atomic mass is 16.2. The number of hydrogen-bond acceptors (Lipinski definition) is 1. The van der Waals surface area contributed by atoms with Gasteiger partial charge in [-0.15, -0.1) is 0 Å². The first kappa shape index (κ1) is 14.8. The predicted octanol–water partition coefficient (Wildman–Crippen LogP) is 4.21. The Kier molecular flexibility index (Phi) is 3.78. The highest BCUT2D eigenvalue weighted by Gasteiger charge is 2.33. The highest BCUT2D eigenvalue weighted by molar-refractivity contribution is 5.82. The van der Waals surface area contributed by atoms with Crippen molar-refractivity contribution in [1.29, 1.82) is 0 Å². The minimum atomic E-state index is -0.340. The summed E-state index contributed by atoms with van der Waals surface area (Å²) in [6, 6.07) is 19.0. The fourth-order valence-corrected chi connectivity index (χ4v) is 3.21. The Bertz CT molecular complexity index is 670. The molecule has 2 heteroatoms. The van der Waals surface area contributed by atoms with Crippen LogP contribution >= 0.6 is 0 Å². The first-order valence-electron chi connectivity index (χ1n) is 7.89. The van der Waals surface area contributed by atoms with Crippen molar-refractivity contribution in [1.82, 2.24) is 4.90 Å². The second-order valence-electron chi connectivity index (χ2n) is 7.10. The van der Waals surface area contributed by atoms with Crippen LogP contribution in [0.1, 0.15) is 43.4 Å². The number of hydrogen-bond donors (Lipinski definition) is 0. The van der Waals surface area contributed by atoms with Crippen molar-refractivity contribution < 1.29 is 4.79 Å². The average Bonchev–Trinajstić information content (AvgIpc) is 2.53. The van der Waals surface area contributed by atoms with Gasteiger partial charge >= 0.3 is 0 Å². The Hall–Kier alpha value is -2.09. The highest BCUT2D eigenvalue weighted by Crippen LogP contribution is 2.35. The van der Waals surface area contributed by atoms with E-state index < -0.39 is 0 Å². The van der Waals surface area contributed by atoms with Gasteiger partial charge in [0.15, 0.2) is 0 Å². The zero-order valence-corrected chi connectivity index (χ0v) is 13.5. The first-order valence-corrected chi connectivity index (χ1v) is 7.89. The number of amides is 1. The van der Waals surface area contributed by atoms with E-state index in [-0.39, 0.29) is 17.2 Å². The molecule has 2 aromatic carbocycles. The van der Waals surface area contributed by atoms with Crippen molar-refractivity contribution in [3.63, 3.8) is 0 Å². The minimum Gasteiger partial charge on any atom is -0.337 e. The quantitative estimate of drug-likeness (QED) is 0.771. The van der Waals surface area contributed by atoms with E-state index in [1.54, 1.807) is 0 Å². The number of carbonyl (C=O) groups is 1. The van der Waals surface area contributed by atoms with Gasteiger partial charge in [0.05, 0.1) is 0 Å². The Morgan fingerprint density at radius 3 is 2.32 bits per heavy atom. The maximum atomic E-state index is 12.7. The largest absolute Gasteiger partial charge is 0.337 e. The van der Waals surface area contributed by atoms with Crippen molar-refractivity contribution in [3.05, 3.63) is 71.3 Å². The van der Waals surface area contributed by atoms with Crippen LogP contribution in [-0.4, -0.2) is 17.4 Å². The summed E-state index contributed by atoms with van der Waals surface area (Å²) in [5, 5.41) is 0. The molecule has 1 aliphatic rings. The van der Waals surface area contributed by atoms with Gasteiger partial charge in [0.2, 0.25) is 5.91 Å². The Morgan fingerprint density at radius 2 is 1.64 bits per heavy atom. The molecule has 2 aromatic rings. The molecule has 1 unspecified atom stereocenters. The molecule has 0 bridgehead atoms. The van der Waals surface area contributed by atoms with E-state index in [1.807, 2.05) is 31.7 Å². The normalized spacial score (nSPS) is 18.0. The molecule has 0 fully saturated rings. The van der Waals surface area contributed by atoms with Gasteiger partial charge in [0.25, 0.3) is 0 Å². The summed E-state index contributed by atoms with van der Waals surface area (Å²) < 4.78 is 0. The Morgan fingerprint density at radius 1 is 1.00 bits per heavy atom. The van der Waals surface area contributed by atoms with Crippen molar-refractivity contribution in [2.24, 2.45) is 5.41 Å². The Labute approximate surface area is 132 Å². The summed E-state index contributed by atoms with van der Waals surface area (Å²) in [7, 11) is 0. The van der Waals surface area contributed by atoms with Gasteiger partial charge in [-0.05, 0) is 16.7 Å². The SMILES string of the molecule is CC(C)(C)C(=O)N1Cc2ccccc2C(c2ccccc2)C1. The molecule has 2 nitrogen and oxygen atoms in total. The lowest BCUT2D eigenvalue weighted by molar-refractivity contribution is -0.140. The third-order valence-electron chi connectivity index (χ3n) is 4.33. The molecule has 0 aromatic heterocycles. The molecule has 0 aliphatic carbocycles. The standard InChI is InChI=1S/C20H23NO/c1-20(2,3)19(22)21-13-16-11-7-8-12-17(16)18(14-21)15-9-5-4-6-10-15/h4-12,18H,13-14H2,1-3H3. The average molecular weight is 293 g/mol. The summed E-state index contributed by atoms with van der Waals surface area (Å²) >= 11 is 0. The van der Waals surface area contributed by atoms with E-state index in [2.05, 4.69) is 48.5 Å². The molecule has 1 amide bonds. The topological polar surface area (TPSA) is 20.3 Å². The van der Waals surface area contributed by atoms with Crippen molar-refractivity contribution in [3.8, 4) is 0 Å². The maximum Gasteiger partial charge on any atom is 0.228 e. The zero-order valence-electron chi connectivity index (χ0n) is 13.5. The number of rotatable bonds is 1. The van der Waals surface area contributed by atoms with Crippen LogP contribution in [0.25, 0.3) is 0 Å². The smallest absolute Gasteiger partial charge is 0.228 e. The second kappa shape index (κ2) is 5.60. The van der Waals surface area contributed by atoms with Crippen LogP contribution < -0.4 is 0 Å². The lowest BCUT2D eigenvalue weighted by Gasteiger charge is -2.38. The minimum absolute atomic E-state index is 0.225. The molecule has 1 atom stereocenters. The Balaban J connectivity index is 2.01. The monoisotopic (exact) mass is 293 g/mol. The molecule has 0 saturated heterocycles. The van der Waals surface area contributed by atoms with E-state index in [4.69, 9.17) is 0 Å². The fraction of sp³-hybridized carbons (Fsp3) is 0.350. The summed E-state index contributed by atoms with van der Waals surface area (Å²) in [5.74, 6) is 0.486. The first-order chi connectivity index (χ1) is 10.5. The zero-order chi connectivity index (χ0) is 15.7. The maximum absolute atomic E-state index is 12.7. The predicted molar refractivity (Wildman–Crippen MR) is 89.6 cm³/mol. The van der Waals surface area contributed by atoms with Crippen LogP contribution in [0.15, 0.2) is 54.6 Å². The van der Waals surface area contributed by atoms with E-state index >= 15 is 0 Å². The van der Waals surface area contributed by atoms with Gasteiger partial charge in [-0.2, -0.15) is 0 Å². The molecule has 1 aliphatic heterocycles. The summed E-state index contributed by atoms with van der Waals surface area (Å²) in [5.41, 5.74) is 3.56. The third kappa shape index (κ3) is 2.78. The van der Waals surface area contributed by atoms with Gasteiger partial charge in [-0.1, -0.05) is 75.4 Å². The number of carbonyl (C=O) groups excluding carboxylic acids is 1. The summed E-state index contributed by atoms with van der Waals surface area (Å²) in [6.45, 7) is 7.46. The molecule has 1 heterocycles. The van der Waals surface area contributed by atoms with Crippen LogP contribution in [0.5, 0.6) is 0 Å². The molecule has 0 radical (unpaired) electrons. The number of benzene rings is 2. The van der Waals surface area contributed by atoms with Gasteiger partial charge < -0.3 is 4.90 Å². The van der Waals surface area contributed by atoms with Crippen molar-refractivity contribution >= 4 is 5.91 Å². The number of fused-ring (bicyclic) bond motifs is 1. The molecule has 3 rings (SSSR count). The number of nitrogens with zero attached hydrogens (tertiary/aromatic N) is 1. The van der Waals surface area contributed by atoms with Crippen LogP contribution in [0.4, 0.5) is 0 Å². The van der Waals surface area contributed by atoms with E-state index in [0.29, 0.717) is 0 Å². The lowest BCUT2D eigenvalue weighted by atomic mass is 9.83. The fourth-order valence-electron chi connectivity index (χ4n) is 3.21. The van der Waals surface area contributed by atoms with Gasteiger partial charge in [-0.3, -0.25) is 4.79 Å². The lowest BCUT2D eigenvalue weighted by Crippen LogP contribution is -2.44. The van der Waals surface area contributed by atoms with Gasteiger partial charge in [-0.25, -0.2) is 0 Å².